The van der Waals surface area contributed by atoms with Gasteiger partial charge >= 0.3 is 0 Å². The van der Waals surface area contributed by atoms with Crippen LogP contribution < -0.4 is 5.32 Å². The summed E-state index contributed by atoms with van der Waals surface area (Å²) in [5, 5.41) is 3.13. The van der Waals surface area contributed by atoms with Crippen LogP contribution in [-0.2, 0) is 17.6 Å². The first-order valence-corrected chi connectivity index (χ1v) is 10.6. The Bertz CT molecular complexity index is 594. The number of hydrogen-bond donors (Lipinski definition) is 1. The Balaban J connectivity index is 1.71. The van der Waals surface area contributed by atoms with Crippen molar-refractivity contribution in [2.75, 3.05) is 6.54 Å². The minimum atomic E-state index is 0.0831. The second-order valence-electron chi connectivity index (χ2n) is 7.61. The van der Waals surface area contributed by atoms with Crippen molar-refractivity contribution >= 4 is 11.7 Å². The summed E-state index contributed by atoms with van der Waals surface area (Å²) in [5.74, 6) is 0.484. The van der Waals surface area contributed by atoms with Crippen LogP contribution in [0.1, 0.15) is 93.1 Å². The molecule has 2 rings (SSSR count). The lowest BCUT2D eigenvalue weighted by Crippen LogP contribution is -2.34. The van der Waals surface area contributed by atoms with Gasteiger partial charge in [-0.15, -0.1) is 0 Å². The molecule has 26 heavy (non-hydrogen) atoms. The Morgan fingerprint density at radius 3 is 2.46 bits per heavy atom. The molecule has 0 heterocycles. The van der Waals surface area contributed by atoms with E-state index in [9.17, 15) is 9.59 Å². The summed E-state index contributed by atoms with van der Waals surface area (Å²) in [5.41, 5.74) is 3.30. The van der Waals surface area contributed by atoms with Crippen LogP contribution in [0.2, 0.25) is 0 Å². The van der Waals surface area contributed by atoms with Crippen LogP contribution in [0.15, 0.2) is 18.2 Å². The van der Waals surface area contributed by atoms with E-state index in [-0.39, 0.29) is 17.6 Å². The number of hydrogen-bond acceptors (Lipinski definition) is 2. The van der Waals surface area contributed by atoms with Crippen molar-refractivity contribution in [1.82, 2.24) is 5.32 Å². The van der Waals surface area contributed by atoms with E-state index in [0.29, 0.717) is 6.42 Å². The number of Topliss-reactive ketones (excluding diaryl/α,β-unsaturated/α-hetero) is 1. The molecule has 0 saturated carbocycles. The molecular weight excluding hydrogens is 322 g/mol. The maximum absolute atomic E-state index is 12.4. The van der Waals surface area contributed by atoms with Gasteiger partial charge in [0, 0.05) is 24.4 Å². The van der Waals surface area contributed by atoms with Gasteiger partial charge in [-0.25, -0.2) is 0 Å². The van der Waals surface area contributed by atoms with Gasteiger partial charge in [0.05, 0.1) is 0 Å². The lowest BCUT2D eigenvalue weighted by Gasteiger charge is -2.24. The van der Waals surface area contributed by atoms with E-state index in [0.717, 1.165) is 37.8 Å². The van der Waals surface area contributed by atoms with E-state index in [4.69, 9.17) is 0 Å². The Morgan fingerprint density at radius 2 is 1.73 bits per heavy atom. The van der Waals surface area contributed by atoms with Crippen LogP contribution in [-0.4, -0.2) is 18.2 Å². The smallest absolute Gasteiger partial charge is 0.223 e. The van der Waals surface area contributed by atoms with E-state index in [1.54, 1.807) is 0 Å². The number of rotatable bonds is 11. The molecule has 1 aromatic carbocycles. The zero-order chi connectivity index (χ0) is 18.8. The highest BCUT2D eigenvalue weighted by Crippen LogP contribution is 2.27. The molecule has 0 aliphatic heterocycles. The van der Waals surface area contributed by atoms with Gasteiger partial charge in [-0.05, 0) is 42.9 Å². The minimum absolute atomic E-state index is 0.0831. The lowest BCUT2D eigenvalue weighted by atomic mass is 9.82. The summed E-state index contributed by atoms with van der Waals surface area (Å²) in [6, 6.07) is 6.01. The monoisotopic (exact) mass is 357 g/mol. The van der Waals surface area contributed by atoms with Gasteiger partial charge < -0.3 is 5.32 Å². The number of carbonyl (C=O) groups excluding carboxylic acids is 2. The molecule has 1 N–H and O–H groups in total. The number of fused-ring (bicyclic) bond motifs is 1. The van der Waals surface area contributed by atoms with Crippen molar-refractivity contribution in [1.29, 1.82) is 0 Å². The standard InChI is InChI=1S/C23H35NO2/c1-3-5-6-7-8-9-10-15-24-23(26)21-14-12-18-16-20(22(25)4-2)13-11-19(18)17-21/h11,13,16,21H,3-10,12,14-15,17H2,1-2H3,(H,24,26). The number of amides is 1. The van der Waals surface area contributed by atoms with Gasteiger partial charge in [-0.1, -0.05) is 64.5 Å². The molecule has 0 radical (unpaired) electrons. The minimum Gasteiger partial charge on any atom is -0.356 e. The van der Waals surface area contributed by atoms with Crippen LogP contribution in [0.3, 0.4) is 0 Å². The van der Waals surface area contributed by atoms with Gasteiger partial charge in [0.2, 0.25) is 5.91 Å². The topological polar surface area (TPSA) is 46.2 Å². The van der Waals surface area contributed by atoms with Gasteiger partial charge in [0.25, 0.3) is 0 Å². The van der Waals surface area contributed by atoms with Gasteiger partial charge in [0.15, 0.2) is 5.78 Å². The molecule has 1 aromatic rings. The SMILES string of the molecule is CCCCCCCCCNC(=O)C1CCc2cc(C(=O)CC)ccc2C1. The third-order valence-electron chi connectivity index (χ3n) is 5.53. The average molecular weight is 358 g/mol. The van der Waals surface area contributed by atoms with Crippen molar-refractivity contribution in [2.45, 2.75) is 84.5 Å². The molecule has 0 spiro atoms. The summed E-state index contributed by atoms with van der Waals surface area (Å²) in [6.45, 7) is 4.94. The number of carbonyl (C=O) groups is 2. The Labute approximate surface area is 159 Å². The molecule has 3 heteroatoms. The predicted molar refractivity (Wildman–Crippen MR) is 108 cm³/mol. The summed E-state index contributed by atoms with van der Waals surface area (Å²) < 4.78 is 0. The Morgan fingerprint density at radius 1 is 1.00 bits per heavy atom. The average Bonchev–Trinajstić information content (AvgIpc) is 2.68. The quantitative estimate of drug-likeness (QED) is 0.434. The zero-order valence-electron chi connectivity index (χ0n) is 16.6. The van der Waals surface area contributed by atoms with Crippen LogP contribution in [0.4, 0.5) is 0 Å². The highest BCUT2D eigenvalue weighted by atomic mass is 16.1. The van der Waals surface area contributed by atoms with E-state index >= 15 is 0 Å². The summed E-state index contributed by atoms with van der Waals surface area (Å²) in [7, 11) is 0. The molecule has 1 amide bonds. The van der Waals surface area contributed by atoms with E-state index in [2.05, 4.69) is 12.2 Å². The molecule has 0 bridgehead atoms. The van der Waals surface area contributed by atoms with Crippen molar-refractivity contribution < 1.29 is 9.59 Å². The highest BCUT2D eigenvalue weighted by molar-refractivity contribution is 5.96. The summed E-state index contributed by atoms with van der Waals surface area (Å²) >= 11 is 0. The number of aryl methyl sites for hydroxylation is 1. The van der Waals surface area contributed by atoms with Crippen LogP contribution in [0, 0.1) is 5.92 Å². The molecule has 1 unspecified atom stereocenters. The third kappa shape index (κ3) is 6.26. The van der Waals surface area contributed by atoms with E-state index < -0.39 is 0 Å². The molecule has 1 aliphatic carbocycles. The molecule has 0 aromatic heterocycles. The van der Waals surface area contributed by atoms with Gasteiger partial charge in [0.1, 0.15) is 0 Å². The van der Waals surface area contributed by atoms with Crippen molar-refractivity contribution in [3.63, 3.8) is 0 Å². The largest absolute Gasteiger partial charge is 0.356 e. The predicted octanol–water partition coefficient (Wildman–Crippen LogP) is 5.25. The van der Waals surface area contributed by atoms with Crippen molar-refractivity contribution in [3.05, 3.63) is 34.9 Å². The molecule has 3 nitrogen and oxygen atoms in total. The van der Waals surface area contributed by atoms with Gasteiger partial charge in [-0.2, -0.15) is 0 Å². The van der Waals surface area contributed by atoms with Crippen LogP contribution in [0.25, 0.3) is 0 Å². The second kappa shape index (κ2) is 11.2. The number of ketones is 1. The molecular formula is C23H35NO2. The maximum atomic E-state index is 12.4. The molecule has 0 fully saturated rings. The van der Waals surface area contributed by atoms with Crippen LogP contribution in [0.5, 0.6) is 0 Å². The number of benzene rings is 1. The molecule has 1 atom stereocenters. The third-order valence-corrected chi connectivity index (χ3v) is 5.53. The number of unbranched alkanes of at least 4 members (excludes halogenated alkanes) is 6. The molecule has 0 saturated heterocycles. The molecule has 1 aliphatic rings. The first-order chi connectivity index (χ1) is 12.7. The lowest BCUT2D eigenvalue weighted by molar-refractivity contribution is -0.125. The Hall–Kier alpha value is -1.64. The zero-order valence-corrected chi connectivity index (χ0v) is 16.6. The highest BCUT2D eigenvalue weighted by Gasteiger charge is 2.24. The van der Waals surface area contributed by atoms with Crippen LogP contribution >= 0.6 is 0 Å². The van der Waals surface area contributed by atoms with E-state index in [1.165, 1.54) is 49.7 Å². The molecule has 144 valence electrons. The fraction of sp³-hybridized carbons (Fsp3) is 0.652. The summed E-state index contributed by atoms with van der Waals surface area (Å²) in [6.07, 6.45) is 12.0. The fourth-order valence-corrected chi connectivity index (χ4v) is 3.79. The Kier molecular flexibility index (Phi) is 8.87. The van der Waals surface area contributed by atoms with Crippen molar-refractivity contribution in [3.8, 4) is 0 Å². The summed E-state index contributed by atoms with van der Waals surface area (Å²) in [4.78, 5) is 24.3. The van der Waals surface area contributed by atoms with E-state index in [1.807, 2.05) is 25.1 Å². The van der Waals surface area contributed by atoms with Gasteiger partial charge in [-0.3, -0.25) is 9.59 Å². The van der Waals surface area contributed by atoms with Crippen molar-refractivity contribution in [2.24, 2.45) is 5.92 Å². The first-order valence-electron chi connectivity index (χ1n) is 10.6. The second-order valence-corrected chi connectivity index (χ2v) is 7.61. The first kappa shape index (κ1) is 20.7. The fourth-order valence-electron chi connectivity index (χ4n) is 3.79. The maximum Gasteiger partial charge on any atom is 0.223 e. The normalized spacial score (nSPS) is 16.2. The number of nitrogens with one attached hydrogen (secondary N) is 1.